The van der Waals surface area contributed by atoms with Crippen molar-refractivity contribution in [1.82, 2.24) is 15.0 Å². The van der Waals surface area contributed by atoms with Crippen LogP contribution < -0.4 is 0 Å². The number of hydrogen-bond acceptors (Lipinski definition) is 3. The van der Waals surface area contributed by atoms with Crippen LogP contribution in [0.3, 0.4) is 0 Å². The molecule has 0 aliphatic rings. The summed E-state index contributed by atoms with van der Waals surface area (Å²) in [6.07, 6.45) is 3.68. The zero-order valence-corrected chi connectivity index (χ0v) is 9.04. The van der Waals surface area contributed by atoms with Gasteiger partial charge in [0, 0.05) is 18.2 Å². The summed E-state index contributed by atoms with van der Waals surface area (Å²) in [5.41, 5.74) is 3.59. The third-order valence-electron chi connectivity index (χ3n) is 2.59. The fourth-order valence-electron chi connectivity index (χ4n) is 1.68. The number of fused-ring (bicyclic) bond motifs is 1. The lowest BCUT2D eigenvalue weighted by atomic mass is 10.1. The molecule has 0 atom stereocenters. The van der Waals surface area contributed by atoms with Crippen LogP contribution in [0.2, 0.25) is 0 Å². The van der Waals surface area contributed by atoms with Crippen molar-refractivity contribution in [1.29, 1.82) is 0 Å². The molecule has 0 fully saturated rings. The normalized spacial score (nSPS) is 11.1. The highest BCUT2D eigenvalue weighted by Crippen LogP contribution is 2.18. The Labute approximate surface area is 88.4 Å². The molecule has 4 nitrogen and oxygen atoms in total. The summed E-state index contributed by atoms with van der Waals surface area (Å²) in [6, 6.07) is 0. The molecule has 2 heterocycles. The van der Waals surface area contributed by atoms with E-state index in [0.717, 1.165) is 41.0 Å². The maximum absolute atomic E-state index is 9.11. The topological polar surface area (TPSA) is 61.8 Å². The summed E-state index contributed by atoms with van der Waals surface area (Å²) in [6.45, 7) is 4.12. The lowest BCUT2D eigenvalue weighted by molar-refractivity contribution is 0.281. The number of imidazole rings is 1. The van der Waals surface area contributed by atoms with Crippen molar-refractivity contribution in [2.75, 3.05) is 0 Å². The number of aromatic amines is 1. The summed E-state index contributed by atoms with van der Waals surface area (Å²) in [7, 11) is 0. The molecule has 0 radical (unpaired) electrons. The highest BCUT2D eigenvalue weighted by molar-refractivity contribution is 5.75. The van der Waals surface area contributed by atoms with E-state index in [9.17, 15) is 0 Å². The van der Waals surface area contributed by atoms with E-state index in [2.05, 4.69) is 21.9 Å². The third kappa shape index (κ3) is 1.72. The van der Waals surface area contributed by atoms with Gasteiger partial charge in [0.1, 0.15) is 5.82 Å². The molecule has 2 aromatic heterocycles. The van der Waals surface area contributed by atoms with Gasteiger partial charge in [0.05, 0.1) is 12.1 Å². The van der Waals surface area contributed by atoms with E-state index in [1.807, 2.05) is 6.92 Å². The molecule has 0 bridgehead atoms. The van der Waals surface area contributed by atoms with Gasteiger partial charge in [-0.3, -0.25) is 0 Å². The summed E-state index contributed by atoms with van der Waals surface area (Å²) < 4.78 is 0. The molecule has 0 unspecified atom stereocenters. The number of rotatable bonds is 3. The molecule has 2 aromatic rings. The lowest BCUT2D eigenvalue weighted by Gasteiger charge is -2.00. The Morgan fingerprint density at radius 1 is 1.47 bits per heavy atom. The number of aryl methyl sites for hydroxylation is 2. The fraction of sp³-hybridized carbons (Fsp3) is 0.455. The van der Waals surface area contributed by atoms with Gasteiger partial charge in [-0.1, -0.05) is 6.92 Å². The van der Waals surface area contributed by atoms with Gasteiger partial charge < -0.3 is 10.1 Å². The first-order valence-corrected chi connectivity index (χ1v) is 5.20. The van der Waals surface area contributed by atoms with Gasteiger partial charge in [-0.05, 0) is 18.9 Å². The smallest absolute Gasteiger partial charge is 0.177 e. The molecule has 0 saturated heterocycles. The van der Waals surface area contributed by atoms with Gasteiger partial charge in [0.25, 0.3) is 0 Å². The number of aliphatic hydroxyl groups excluding tert-OH is 1. The average molecular weight is 205 g/mol. The second-order valence-corrected chi connectivity index (χ2v) is 3.70. The Balaban J connectivity index is 2.55. The number of aromatic nitrogens is 3. The molecular formula is C11H15N3O. The zero-order valence-electron chi connectivity index (χ0n) is 9.04. The number of hydrogen-bond donors (Lipinski definition) is 2. The van der Waals surface area contributed by atoms with Gasteiger partial charge in [-0.2, -0.15) is 0 Å². The van der Waals surface area contributed by atoms with Crippen molar-refractivity contribution < 1.29 is 5.11 Å². The molecule has 80 valence electrons. The van der Waals surface area contributed by atoms with E-state index in [0.29, 0.717) is 0 Å². The first-order valence-electron chi connectivity index (χ1n) is 5.20. The Kier molecular flexibility index (Phi) is 2.68. The highest BCUT2D eigenvalue weighted by atomic mass is 16.3. The number of H-pyrrole nitrogens is 1. The fourth-order valence-corrected chi connectivity index (χ4v) is 1.68. The maximum atomic E-state index is 9.11. The molecule has 4 heteroatoms. The molecule has 15 heavy (non-hydrogen) atoms. The lowest BCUT2D eigenvalue weighted by Crippen LogP contribution is -1.91. The average Bonchev–Trinajstić information content (AvgIpc) is 2.63. The van der Waals surface area contributed by atoms with E-state index in [1.165, 1.54) is 0 Å². The Bertz CT molecular complexity index is 476. The molecule has 2 rings (SSSR count). The minimum absolute atomic E-state index is 0.0247. The molecule has 0 spiro atoms. The first-order chi connectivity index (χ1) is 7.26. The predicted molar refractivity (Wildman–Crippen MR) is 58.5 cm³/mol. The molecule has 0 amide bonds. The molecule has 0 aromatic carbocycles. The maximum Gasteiger partial charge on any atom is 0.177 e. The minimum Gasteiger partial charge on any atom is -0.392 e. The van der Waals surface area contributed by atoms with Crippen LogP contribution in [0.5, 0.6) is 0 Å². The SMILES string of the molecule is CCCc1nc2ncc(CO)c(C)c2[nH]1. The van der Waals surface area contributed by atoms with Crippen molar-refractivity contribution >= 4 is 11.2 Å². The Morgan fingerprint density at radius 2 is 2.27 bits per heavy atom. The monoisotopic (exact) mass is 205 g/mol. The molecule has 0 aliphatic carbocycles. The molecular weight excluding hydrogens is 190 g/mol. The van der Waals surface area contributed by atoms with Crippen molar-refractivity contribution in [2.45, 2.75) is 33.3 Å². The quantitative estimate of drug-likeness (QED) is 0.801. The largest absolute Gasteiger partial charge is 0.392 e. The van der Waals surface area contributed by atoms with Gasteiger partial charge in [0.2, 0.25) is 0 Å². The van der Waals surface area contributed by atoms with Crippen molar-refractivity contribution in [3.63, 3.8) is 0 Å². The standard InChI is InChI=1S/C11H15N3O/c1-3-4-9-13-10-7(2)8(6-15)5-12-11(10)14-9/h5,15H,3-4,6H2,1-2H3,(H,12,13,14). The van der Waals surface area contributed by atoms with E-state index >= 15 is 0 Å². The van der Waals surface area contributed by atoms with Gasteiger partial charge in [-0.15, -0.1) is 0 Å². The van der Waals surface area contributed by atoms with Crippen LogP contribution in [0.25, 0.3) is 11.2 Å². The van der Waals surface area contributed by atoms with Gasteiger partial charge in [0.15, 0.2) is 5.65 Å². The van der Waals surface area contributed by atoms with Crippen molar-refractivity contribution in [3.05, 3.63) is 23.1 Å². The van der Waals surface area contributed by atoms with E-state index in [1.54, 1.807) is 6.20 Å². The number of nitrogens with zero attached hydrogens (tertiary/aromatic N) is 2. The van der Waals surface area contributed by atoms with Crippen LogP contribution in [-0.4, -0.2) is 20.1 Å². The number of pyridine rings is 1. The zero-order chi connectivity index (χ0) is 10.8. The van der Waals surface area contributed by atoms with Crippen LogP contribution in [0, 0.1) is 6.92 Å². The van der Waals surface area contributed by atoms with Gasteiger partial charge >= 0.3 is 0 Å². The van der Waals surface area contributed by atoms with Crippen LogP contribution in [0.15, 0.2) is 6.20 Å². The number of nitrogens with one attached hydrogen (secondary N) is 1. The summed E-state index contributed by atoms with van der Waals surface area (Å²) >= 11 is 0. The molecule has 0 aliphatic heterocycles. The van der Waals surface area contributed by atoms with Crippen LogP contribution in [0.4, 0.5) is 0 Å². The van der Waals surface area contributed by atoms with E-state index in [4.69, 9.17) is 5.11 Å². The van der Waals surface area contributed by atoms with Gasteiger partial charge in [-0.25, -0.2) is 9.97 Å². The van der Waals surface area contributed by atoms with Crippen LogP contribution >= 0.6 is 0 Å². The summed E-state index contributed by atoms with van der Waals surface area (Å²) in [4.78, 5) is 11.9. The van der Waals surface area contributed by atoms with Crippen molar-refractivity contribution in [3.8, 4) is 0 Å². The molecule has 2 N–H and O–H groups in total. The predicted octanol–water partition coefficient (Wildman–Crippen LogP) is 1.71. The van der Waals surface area contributed by atoms with E-state index < -0.39 is 0 Å². The Morgan fingerprint density at radius 3 is 2.93 bits per heavy atom. The highest BCUT2D eigenvalue weighted by Gasteiger charge is 2.08. The summed E-state index contributed by atoms with van der Waals surface area (Å²) in [5, 5.41) is 9.11. The third-order valence-corrected chi connectivity index (χ3v) is 2.59. The van der Waals surface area contributed by atoms with Crippen LogP contribution in [0.1, 0.15) is 30.3 Å². The van der Waals surface area contributed by atoms with Crippen LogP contribution in [-0.2, 0) is 13.0 Å². The second-order valence-electron chi connectivity index (χ2n) is 3.70. The number of aliphatic hydroxyl groups is 1. The summed E-state index contributed by atoms with van der Waals surface area (Å²) in [5.74, 6) is 0.971. The van der Waals surface area contributed by atoms with Crippen molar-refractivity contribution in [2.24, 2.45) is 0 Å². The molecule has 0 saturated carbocycles. The second kappa shape index (κ2) is 3.98. The minimum atomic E-state index is 0.0247. The first kappa shape index (κ1) is 10.1. The van der Waals surface area contributed by atoms with E-state index in [-0.39, 0.29) is 6.61 Å². The Hall–Kier alpha value is -1.42.